The van der Waals surface area contributed by atoms with Crippen molar-refractivity contribution >= 4 is 15.9 Å². The molecule has 1 rings (SSSR count). The van der Waals surface area contributed by atoms with Gasteiger partial charge >= 0.3 is 0 Å². The van der Waals surface area contributed by atoms with Crippen molar-refractivity contribution in [3.05, 3.63) is 34.1 Å². The SMILES string of the molecule is CCCNC(CCC)c1ccc(Br)cc1F. The van der Waals surface area contributed by atoms with Crippen molar-refractivity contribution in [1.29, 1.82) is 0 Å². The van der Waals surface area contributed by atoms with E-state index in [-0.39, 0.29) is 11.9 Å². The summed E-state index contributed by atoms with van der Waals surface area (Å²) in [6.45, 7) is 5.17. The topological polar surface area (TPSA) is 12.0 Å². The van der Waals surface area contributed by atoms with Gasteiger partial charge in [-0.25, -0.2) is 4.39 Å². The monoisotopic (exact) mass is 287 g/mol. The molecule has 1 aromatic rings. The number of halogens is 2. The maximum absolute atomic E-state index is 13.8. The Kier molecular flexibility index (Phi) is 5.99. The molecule has 0 saturated carbocycles. The van der Waals surface area contributed by atoms with Crippen molar-refractivity contribution in [2.24, 2.45) is 0 Å². The first-order valence-electron chi connectivity index (χ1n) is 5.87. The van der Waals surface area contributed by atoms with Crippen LogP contribution in [-0.2, 0) is 0 Å². The zero-order chi connectivity index (χ0) is 12.0. The third-order valence-electron chi connectivity index (χ3n) is 2.56. The minimum absolute atomic E-state index is 0.128. The van der Waals surface area contributed by atoms with E-state index in [1.54, 1.807) is 0 Å². The van der Waals surface area contributed by atoms with Crippen LogP contribution < -0.4 is 5.32 Å². The van der Waals surface area contributed by atoms with Gasteiger partial charge < -0.3 is 5.32 Å². The summed E-state index contributed by atoms with van der Waals surface area (Å²) in [6.07, 6.45) is 3.09. The zero-order valence-electron chi connectivity index (χ0n) is 9.89. The standard InChI is InChI=1S/C13H19BrFN/c1-3-5-13(16-8-4-2)11-7-6-10(14)9-12(11)15/h6-7,9,13,16H,3-5,8H2,1-2H3. The Morgan fingerprint density at radius 1 is 1.31 bits per heavy atom. The first-order valence-corrected chi connectivity index (χ1v) is 6.66. The predicted molar refractivity (Wildman–Crippen MR) is 70.0 cm³/mol. The molecule has 1 N–H and O–H groups in total. The molecule has 0 radical (unpaired) electrons. The lowest BCUT2D eigenvalue weighted by Crippen LogP contribution is -2.22. The molecule has 0 heterocycles. The van der Waals surface area contributed by atoms with Crippen LogP contribution in [0.3, 0.4) is 0 Å². The van der Waals surface area contributed by atoms with E-state index in [0.717, 1.165) is 35.8 Å². The van der Waals surface area contributed by atoms with Crippen molar-refractivity contribution in [3.8, 4) is 0 Å². The van der Waals surface area contributed by atoms with Crippen LogP contribution in [0.2, 0.25) is 0 Å². The Morgan fingerprint density at radius 2 is 2.06 bits per heavy atom. The molecule has 0 bridgehead atoms. The fourth-order valence-corrected chi connectivity index (χ4v) is 2.09. The minimum Gasteiger partial charge on any atom is -0.310 e. The van der Waals surface area contributed by atoms with Gasteiger partial charge in [0.1, 0.15) is 5.82 Å². The highest BCUT2D eigenvalue weighted by molar-refractivity contribution is 9.10. The second-order valence-electron chi connectivity index (χ2n) is 3.96. The van der Waals surface area contributed by atoms with Crippen LogP contribution in [0.25, 0.3) is 0 Å². The fraction of sp³-hybridized carbons (Fsp3) is 0.538. The molecule has 0 spiro atoms. The Morgan fingerprint density at radius 3 is 2.62 bits per heavy atom. The van der Waals surface area contributed by atoms with Crippen LogP contribution >= 0.6 is 15.9 Å². The molecule has 1 aromatic carbocycles. The van der Waals surface area contributed by atoms with E-state index in [4.69, 9.17) is 0 Å². The van der Waals surface area contributed by atoms with E-state index >= 15 is 0 Å². The van der Waals surface area contributed by atoms with Crippen LogP contribution in [0.4, 0.5) is 4.39 Å². The Hall–Kier alpha value is -0.410. The van der Waals surface area contributed by atoms with Crippen LogP contribution in [0.5, 0.6) is 0 Å². The van der Waals surface area contributed by atoms with E-state index in [2.05, 4.69) is 35.1 Å². The van der Waals surface area contributed by atoms with Crippen molar-refractivity contribution < 1.29 is 4.39 Å². The summed E-state index contributed by atoms with van der Waals surface area (Å²) in [5, 5.41) is 3.39. The molecule has 1 unspecified atom stereocenters. The molecule has 90 valence electrons. The first kappa shape index (κ1) is 13.7. The molecule has 0 saturated heterocycles. The lowest BCUT2D eigenvalue weighted by molar-refractivity contribution is 0.469. The van der Waals surface area contributed by atoms with Crippen molar-refractivity contribution in [2.75, 3.05) is 6.54 Å². The largest absolute Gasteiger partial charge is 0.310 e. The number of hydrogen-bond acceptors (Lipinski definition) is 1. The molecule has 0 amide bonds. The van der Waals surface area contributed by atoms with Gasteiger partial charge in [-0.1, -0.05) is 42.3 Å². The van der Waals surface area contributed by atoms with Crippen molar-refractivity contribution in [1.82, 2.24) is 5.32 Å². The average Bonchev–Trinajstić information content (AvgIpc) is 2.25. The zero-order valence-corrected chi connectivity index (χ0v) is 11.5. The summed E-state index contributed by atoms with van der Waals surface area (Å²) in [5.74, 6) is -0.128. The smallest absolute Gasteiger partial charge is 0.129 e. The molecule has 1 nitrogen and oxygen atoms in total. The van der Waals surface area contributed by atoms with Crippen LogP contribution in [0.15, 0.2) is 22.7 Å². The predicted octanol–water partition coefficient (Wildman–Crippen LogP) is 4.43. The molecule has 0 aromatic heterocycles. The summed E-state index contributed by atoms with van der Waals surface area (Å²) >= 11 is 3.28. The normalized spacial score (nSPS) is 12.8. The van der Waals surface area contributed by atoms with Gasteiger partial charge in [-0.2, -0.15) is 0 Å². The molecule has 3 heteroatoms. The summed E-state index contributed by atoms with van der Waals surface area (Å²) < 4.78 is 14.6. The minimum atomic E-state index is -0.128. The molecule has 0 aliphatic carbocycles. The number of rotatable bonds is 6. The maximum atomic E-state index is 13.8. The molecular formula is C13H19BrFN. The fourth-order valence-electron chi connectivity index (χ4n) is 1.76. The van der Waals surface area contributed by atoms with Gasteiger partial charge in [0.25, 0.3) is 0 Å². The van der Waals surface area contributed by atoms with Gasteiger partial charge in [-0.05, 0) is 31.5 Å². The molecule has 0 aliphatic rings. The van der Waals surface area contributed by atoms with Gasteiger partial charge in [0.15, 0.2) is 0 Å². The maximum Gasteiger partial charge on any atom is 0.129 e. The molecule has 0 fully saturated rings. The van der Waals surface area contributed by atoms with Crippen molar-refractivity contribution in [3.63, 3.8) is 0 Å². The number of hydrogen-bond donors (Lipinski definition) is 1. The van der Waals surface area contributed by atoms with Gasteiger partial charge in [-0.3, -0.25) is 0 Å². The number of nitrogens with one attached hydrogen (secondary N) is 1. The summed E-state index contributed by atoms with van der Waals surface area (Å²) in [4.78, 5) is 0. The summed E-state index contributed by atoms with van der Waals surface area (Å²) in [5.41, 5.74) is 0.776. The van der Waals surface area contributed by atoms with E-state index in [1.807, 2.05) is 12.1 Å². The molecule has 1 atom stereocenters. The summed E-state index contributed by atoms with van der Waals surface area (Å²) in [7, 11) is 0. The summed E-state index contributed by atoms with van der Waals surface area (Å²) in [6, 6.07) is 5.43. The van der Waals surface area contributed by atoms with E-state index in [9.17, 15) is 4.39 Å². The highest BCUT2D eigenvalue weighted by Crippen LogP contribution is 2.24. The van der Waals surface area contributed by atoms with Gasteiger partial charge in [0.2, 0.25) is 0 Å². The quantitative estimate of drug-likeness (QED) is 0.816. The van der Waals surface area contributed by atoms with Crippen molar-refractivity contribution in [2.45, 2.75) is 39.2 Å². The van der Waals surface area contributed by atoms with E-state index < -0.39 is 0 Å². The molecule has 16 heavy (non-hydrogen) atoms. The Labute approximate surface area is 106 Å². The van der Waals surface area contributed by atoms with Gasteiger partial charge in [-0.15, -0.1) is 0 Å². The van der Waals surface area contributed by atoms with Gasteiger partial charge in [0, 0.05) is 16.1 Å². The van der Waals surface area contributed by atoms with E-state index in [1.165, 1.54) is 6.07 Å². The highest BCUT2D eigenvalue weighted by Gasteiger charge is 2.14. The van der Waals surface area contributed by atoms with Gasteiger partial charge in [0.05, 0.1) is 0 Å². The second-order valence-corrected chi connectivity index (χ2v) is 4.88. The Balaban J connectivity index is 2.82. The third-order valence-corrected chi connectivity index (χ3v) is 3.05. The number of benzene rings is 1. The second kappa shape index (κ2) is 7.02. The lowest BCUT2D eigenvalue weighted by atomic mass is 10.0. The molecule has 0 aliphatic heterocycles. The first-order chi connectivity index (χ1) is 7.69. The highest BCUT2D eigenvalue weighted by atomic mass is 79.9. The van der Waals surface area contributed by atoms with Crippen LogP contribution in [0, 0.1) is 5.82 Å². The van der Waals surface area contributed by atoms with Crippen LogP contribution in [-0.4, -0.2) is 6.54 Å². The average molecular weight is 288 g/mol. The third kappa shape index (κ3) is 3.87. The lowest BCUT2D eigenvalue weighted by Gasteiger charge is -2.19. The molecular weight excluding hydrogens is 269 g/mol. The van der Waals surface area contributed by atoms with E-state index in [0.29, 0.717) is 0 Å². The Bertz CT molecular complexity index is 328. The van der Waals surface area contributed by atoms with Crippen LogP contribution in [0.1, 0.15) is 44.7 Å².